The van der Waals surface area contributed by atoms with Crippen LogP contribution in [0.25, 0.3) is 0 Å². The fraction of sp³-hybridized carbons (Fsp3) is 0.278. The second kappa shape index (κ2) is 7.77. The lowest BCUT2D eigenvalue weighted by atomic mass is 10.1. The van der Waals surface area contributed by atoms with E-state index < -0.39 is 6.61 Å². The first-order chi connectivity index (χ1) is 11.4. The van der Waals surface area contributed by atoms with Crippen LogP contribution in [0.3, 0.4) is 0 Å². The van der Waals surface area contributed by atoms with Crippen LogP contribution in [0.4, 0.5) is 14.5 Å². The molecule has 1 amide bonds. The average molecular weight is 335 g/mol. The van der Waals surface area contributed by atoms with Gasteiger partial charge in [0.1, 0.15) is 0 Å². The molecular formula is C18H19F2NO3. The third kappa shape index (κ3) is 4.44. The number of carbonyl (C=O) groups excluding carboxylic acids is 1. The summed E-state index contributed by atoms with van der Waals surface area (Å²) in [5, 5.41) is 2.81. The van der Waals surface area contributed by atoms with Gasteiger partial charge in [0.15, 0.2) is 11.5 Å². The van der Waals surface area contributed by atoms with Crippen LogP contribution in [0.2, 0.25) is 0 Å². The summed E-state index contributed by atoms with van der Waals surface area (Å²) in [7, 11) is 0. The number of halogens is 2. The summed E-state index contributed by atoms with van der Waals surface area (Å²) in [6.07, 6.45) is 0. The Morgan fingerprint density at radius 3 is 2.54 bits per heavy atom. The molecule has 0 radical (unpaired) electrons. The Balaban J connectivity index is 2.25. The molecule has 4 nitrogen and oxygen atoms in total. The molecule has 0 aliphatic heterocycles. The summed E-state index contributed by atoms with van der Waals surface area (Å²) in [5.74, 6) is -0.352. The molecule has 24 heavy (non-hydrogen) atoms. The molecule has 0 atom stereocenters. The Morgan fingerprint density at radius 2 is 1.88 bits per heavy atom. The van der Waals surface area contributed by atoms with Crippen LogP contribution in [-0.2, 0) is 0 Å². The number of nitrogens with one attached hydrogen (secondary N) is 1. The molecule has 0 aromatic heterocycles. The Morgan fingerprint density at radius 1 is 1.12 bits per heavy atom. The number of anilines is 1. The van der Waals surface area contributed by atoms with Gasteiger partial charge in [-0.2, -0.15) is 8.78 Å². The molecule has 2 aromatic rings. The molecule has 0 aliphatic rings. The molecule has 0 aliphatic carbocycles. The SMILES string of the molecule is CCOc1cc(C(=O)Nc2cc(C)ccc2C)ccc1OC(F)F. The summed E-state index contributed by atoms with van der Waals surface area (Å²) < 4.78 is 34.5. The lowest BCUT2D eigenvalue weighted by Gasteiger charge is -2.13. The van der Waals surface area contributed by atoms with Crippen LogP contribution < -0.4 is 14.8 Å². The van der Waals surface area contributed by atoms with Gasteiger partial charge in [-0.3, -0.25) is 4.79 Å². The van der Waals surface area contributed by atoms with Crippen LogP contribution in [0.15, 0.2) is 36.4 Å². The number of aryl methyl sites for hydroxylation is 2. The third-order valence-corrected chi connectivity index (χ3v) is 3.36. The standard InChI is InChI=1S/C18H19F2NO3/c1-4-23-16-10-13(7-8-15(16)24-18(19)20)17(22)21-14-9-11(2)5-6-12(14)3/h5-10,18H,4H2,1-3H3,(H,21,22). The highest BCUT2D eigenvalue weighted by Crippen LogP contribution is 2.30. The Hall–Kier alpha value is -2.63. The van der Waals surface area contributed by atoms with Crippen molar-refractivity contribution >= 4 is 11.6 Å². The minimum absolute atomic E-state index is 0.102. The van der Waals surface area contributed by atoms with E-state index in [0.29, 0.717) is 11.3 Å². The van der Waals surface area contributed by atoms with Crippen molar-refractivity contribution in [3.8, 4) is 11.5 Å². The molecule has 128 valence electrons. The van der Waals surface area contributed by atoms with Gasteiger partial charge in [-0.05, 0) is 56.2 Å². The highest BCUT2D eigenvalue weighted by molar-refractivity contribution is 6.05. The Labute approximate surface area is 139 Å². The van der Waals surface area contributed by atoms with Gasteiger partial charge in [-0.1, -0.05) is 12.1 Å². The van der Waals surface area contributed by atoms with E-state index in [-0.39, 0.29) is 24.0 Å². The molecular weight excluding hydrogens is 316 g/mol. The van der Waals surface area contributed by atoms with Gasteiger partial charge in [0, 0.05) is 11.3 Å². The van der Waals surface area contributed by atoms with Gasteiger partial charge in [0.25, 0.3) is 5.91 Å². The van der Waals surface area contributed by atoms with E-state index in [1.165, 1.54) is 18.2 Å². The smallest absolute Gasteiger partial charge is 0.387 e. The van der Waals surface area contributed by atoms with E-state index in [1.807, 2.05) is 32.0 Å². The highest BCUT2D eigenvalue weighted by atomic mass is 19.3. The van der Waals surface area contributed by atoms with Gasteiger partial charge in [-0.25, -0.2) is 0 Å². The maximum absolute atomic E-state index is 12.4. The summed E-state index contributed by atoms with van der Waals surface area (Å²) in [5.41, 5.74) is 2.94. The van der Waals surface area contributed by atoms with Crippen molar-refractivity contribution in [3.63, 3.8) is 0 Å². The largest absolute Gasteiger partial charge is 0.490 e. The summed E-state index contributed by atoms with van der Waals surface area (Å²) in [4.78, 5) is 12.4. The summed E-state index contributed by atoms with van der Waals surface area (Å²) in [6, 6.07) is 9.84. The van der Waals surface area contributed by atoms with Gasteiger partial charge >= 0.3 is 6.61 Å². The fourth-order valence-corrected chi connectivity index (χ4v) is 2.18. The van der Waals surface area contributed by atoms with Crippen molar-refractivity contribution in [2.45, 2.75) is 27.4 Å². The molecule has 0 fully saturated rings. The van der Waals surface area contributed by atoms with Crippen LogP contribution in [0.1, 0.15) is 28.4 Å². The number of hydrogen-bond acceptors (Lipinski definition) is 3. The number of alkyl halides is 2. The second-order valence-electron chi connectivity index (χ2n) is 5.25. The number of carbonyl (C=O) groups is 1. The maximum atomic E-state index is 12.4. The molecule has 2 rings (SSSR count). The van der Waals surface area contributed by atoms with Crippen molar-refractivity contribution in [3.05, 3.63) is 53.1 Å². The van der Waals surface area contributed by atoms with Crippen molar-refractivity contribution < 1.29 is 23.0 Å². The lowest BCUT2D eigenvalue weighted by Crippen LogP contribution is -2.13. The van der Waals surface area contributed by atoms with Crippen molar-refractivity contribution in [2.24, 2.45) is 0 Å². The highest BCUT2D eigenvalue weighted by Gasteiger charge is 2.15. The Bertz CT molecular complexity index is 732. The zero-order chi connectivity index (χ0) is 17.7. The predicted molar refractivity (Wildman–Crippen MR) is 88.1 cm³/mol. The molecule has 0 spiro atoms. The first kappa shape index (κ1) is 17.7. The minimum atomic E-state index is -2.96. The van der Waals surface area contributed by atoms with Crippen LogP contribution in [-0.4, -0.2) is 19.1 Å². The fourth-order valence-electron chi connectivity index (χ4n) is 2.18. The van der Waals surface area contributed by atoms with E-state index in [0.717, 1.165) is 11.1 Å². The normalized spacial score (nSPS) is 10.6. The predicted octanol–water partition coefficient (Wildman–Crippen LogP) is 4.56. The van der Waals surface area contributed by atoms with Crippen LogP contribution >= 0.6 is 0 Å². The van der Waals surface area contributed by atoms with E-state index in [2.05, 4.69) is 10.1 Å². The molecule has 0 saturated heterocycles. The van der Waals surface area contributed by atoms with Gasteiger partial charge in [0.05, 0.1) is 6.61 Å². The third-order valence-electron chi connectivity index (χ3n) is 3.36. The van der Waals surface area contributed by atoms with Crippen LogP contribution in [0.5, 0.6) is 11.5 Å². The first-order valence-corrected chi connectivity index (χ1v) is 7.51. The topological polar surface area (TPSA) is 47.6 Å². The summed E-state index contributed by atoms with van der Waals surface area (Å²) >= 11 is 0. The number of ether oxygens (including phenoxy) is 2. The van der Waals surface area contributed by atoms with Crippen molar-refractivity contribution in [1.82, 2.24) is 0 Å². The van der Waals surface area contributed by atoms with Crippen molar-refractivity contribution in [2.75, 3.05) is 11.9 Å². The molecule has 1 N–H and O–H groups in total. The average Bonchev–Trinajstić information content (AvgIpc) is 2.52. The maximum Gasteiger partial charge on any atom is 0.387 e. The lowest BCUT2D eigenvalue weighted by molar-refractivity contribution is -0.0514. The second-order valence-corrected chi connectivity index (χ2v) is 5.25. The van der Waals surface area contributed by atoms with Gasteiger partial charge < -0.3 is 14.8 Å². The Kier molecular flexibility index (Phi) is 5.73. The van der Waals surface area contributed by atoms with E-state index in [9.17, 15) is 13.6 Å². The molecule has 6 heteroatoms. The van der Waals surface area contributed by atoms with Gasteiger partial charge in [-0.15, -0.1) is 0 Å². The molecule has 2 aromatic carbocycles. The first-order valence-electron chi connectivity index (χ1n) is 7.51. The molecule has 0 saturated carbocycles. The molecule has 0 unspecified atom stereocenters. The number of rotatable bonds is 6. The monoisotopic (exact) mass is 335 g/mol. The van der Waals surface area contributed by atoms with Crippen LogP contribution in [0, 0.1) is 13.8 Å². The number of benzene rings is 2. The van der Waals surface area contributed by atoms with E-state index in [4.69, 9.17) is 4.74 Å². The summed E-state index contributed by atoms with van der Waals surface area (Å²) in [6.45, 7) is 2.84. The number of amides is 1. The van der Waals surface area contributed by atoms with Crippen molar-refractivity contribution in [1.29, 1.82) is 0 Å². The van der Waals surface area contributed by atoms with E-state index in [1.54, 1.807) is 6.92 Å². The molecule has 0 bridgehead atoms. The number of hydrogen-bond donors (Lipinski definition) is 1. The molecule has 0 heterocycles. The minimum Gasteiger partial charge on any atom is -0.490 e. The van der Waals surface area contributed by atoms with Gasteiger partial charge in [0.2, 0.25) is 0 Å². The zero-order valence-electron chi connectivity index (χ0n) is 13.7. The quantitative estimate of drug-likeness (QED) is 0.842. The zero-order valence-corrected chi connectivity index (χ0v) is 13.7. The van der Waals surface area contributed by atoms with E-state index >= 15 is 0 Å².